The van der Waals surface area contributed by atoms with Crippen LogP contribution in [0.5, 0.6) is 5.75 Å². The SMILES string of the molecule is O=C(NCCCOc1ccccc1Cl)Nc1ccc(F)c(F)c1F. The Labute approximate surface area is 141 Å². The summed E-state index contributed by atoms with van der Waals surface area (Å²) in [6, 6.07) is 7.90. The van der Waals surface area contributed by atoms with Gasteiger partial charge in [-0.05, 0) is 30.7 Å². The molecule has 2 aromatic rings. The molecule has 128 valence electrons. The highest BCUT2D eigenvalue weighted by Gasteiger charge is 2.14. The van der Waals surface area contributed by atoms with Crippen LogP contribution in [0.3, 0.4) is 0 Å². The monoisotopic (exact) mass is 358 g/mol. The van der Waals surface area contributed by atoms with Crippen LogP contribution in [0.1, 0.15) is 6.42 Å². The van der Waals surface area contributed by atoms with Crippen molar-refractivity contribution >= 4 is 23.3 Å². The van der Waals surface area contributed by atoms with Gasteiger partial charge in [-0.3, -0.25) is 0 Å². The molecule has 0 radical (unpaired) electrons. The van der Waals surface area contributed by atoms with E-state index in [2.05, 4.69) is 10.6 Å². The normalized spacial score (nSPS) is 10.3. The second kappa shape index (κ2) is 8.44. The van der Waals surface area contributed by atoms with Crippen LogP contribution in [-0.2, 0) is 0 Å². The number of hydrogen-bond acceptors (Lipinski definition) is 2. The Balaban J connectivity index is 1.72. The van der Waals surface area contributed by atoms with Gasteiger partial charge >= 0.3 is 6.03 Å². The van der Waals surface area contributed by atoms with Crippen LogP contribution in [-0.4, -0.2) is 19.2 Å². The van der Waals surface area contributed by atoms with Crippen LogP contribution in [0.2, 0.25) is 5.02 Å². The van der Waals surface area contributed by atoms with Crippen molar-refractivity contribution in [2.24, 2.45) is 0 Å². The van der Waals surface area contributed by atoms with Crippen LogP contribution < -0.4 is 15.4 Å². The number of benzene rings is 2. The average Bonchev–Trinajstić information content (AvgIpc) is 2.57. The molecule has 0 saturated carbocycles. The van der Waals surface area contributed by atoms with Crippen molar-refractivity contribution in [2.75, 3.05) is 18.5 Å². The van der Waals surface area contributed by atoms with Gasteiger partial charge in [0.25, 0.3) is 0 Å². The molecule has 0 unspecified atom stereocenters. The quantitative estimate of drug-likeness (QED) is 0.596. The van der Waals surface area contributed by atoms with Crippen LogP contribution in [0, 0.1) is 17.5 Å². The maximum absolute atomic E-state index is 13.4. The molecule has 0 atom stereocenters. The van der Waals surface area contributed by atoms with E-state index in [1.807, 2.05) is 0 Å². The van der Waals surface area contributed by atoms with Crippen LogP contribution in [0.4, 0.5) is 23.7 Å². The molecule has 0 aliphatic carbocycles. The molecule has 4 nitrogen and oxygen atoms in total. The molecule has 0 spiro atoms. The fraction of sp³-hybridized carbons (Fsp3) is 0.188. The molecule has 0 saturated heterocycles. The third-order valence-electron chi connectivity index (χ3n) is 2.98. The largest absolute Gasteiger partial charge is 0.492 e. The van der Waals surface area contributed by atoms with E-state index in [0.717, 1.165) is 12.1 Å². The summed E-state index contributed by atoms with van der Waals surface area (Å²) in [7, 11) is 0. The number of amides is 2. The molecule has 2 rings (SSSR count). The summed E-state index contributed by atoms with van der Waals surface area (Å²) >= 11 is 5.92. The van der Waals surface area contributed by atoms with Crippen molar-refractivity contribution in [3.63, 3.8) is 0 Å². The first-order chi connectivity index (χ1) is 11.5. The molecular weight excluding hydrogens is 345 g/mol. The van der Waals surface area contributed by atoms with Crippen LogP contribution >= 0.6 is 11.6 Å². The summed E-state index contributed by atoms with van der Waals surface area (Å²) in [6.07, 6.45) is 0.471. The fourth-order valence-electron chi connectivity index (χ4n) is 1.81. The Bertz CT molecular complexity index is 728. The molecular formula is C16H14ClF3N2O2. The molecule has 0 aromatic heterocycles. The maximum Gasteiger partial charge on any atom is 0.319 e. The van der Waals surface area contributed by atoms with Gasteiger partial charge in [-0.2, -0.15) is 0 Å². The van der Waals surface area contributed by atoms with E-state index in [1.165, 1.54) is 0 Å². The van der Waals surface area contributed by atoms with Gasteiger partial charge in [-0.15, -0.1) is 0 Å². The summed E-state index contributed by atoms with van der Waals surface area (Å²) in [6.45, 7) is 0.547. The zero-order valence-corrected chi connectivity index (χ0v) is 13.2. The van der Waals surface area contributed by atoms with Gasteiger partial charge in [0.15, 0.2) is 17.5 Å². The van der Waals surface area contributed by atoms with Gasteiger partial charge < -0.3 is 15.4 Å². The summed E-state index contributed by atoms with van der Waals surface area (Å²) in [5, 5.41) is 5.03. The molecule has 2 N–H and O–H groups in total. The Hall–Kier alpha value is -2.41. The van der Waals surface area contributed by atoms with E-state index in [9.17, 15) is 18.0 Å². The van der Waals surface area contributed by atoms with Crippen molar-refractivity contribution < 1.29 is 22.7 Å². The number of nitrogens with one attached hydrogen (secondary N) is 2. The van der Waals surface area contributed by atoms with Gasteiger partial charge in [0.05, 0.1) is 17.3 Å². The van der Waals surface area contributed by atoms with Gasteiger partial charge in [-0.1, -0.05) is 23.7 Å². The van der Waals surface area contributed by atoms with Crippen molar-refractivity contribution in [1.29, 1.82) is 0 Å². The number of carbonyl (C=O) groups excluding carboxylic acids is 1. The number of carbonyl (C=O) groups is 1. The molecule has 0 aliphatic heterocycles. The zero-order chi connectivity index (χ0) is 17.5. The Morgan fingerprint density at radius 2 is 1.83 bits per heavy atom. The highest BCUT2D eigenvalue weighted by Crippen LogP contribution is 2.23. The number of urea groups is 1. The zero-order valence-electron chi connectivity index (χ0n) is 12.4. The molecule has 0 aliphatic rings. The van der Waals surface area contributed by atoms with E-state index >= 15 is 0 Å². The van der Waals surface area contributed by atoms with Crippen LogP contribution in [0.25, 0.3) is 0 Å². The van der Waals surface area contributed by atoms with Gasteiger partial charge in [0.1, 0.15) is 5.75 Å². The lowest BCUT2D eigenvalue weighted by Crippen LogP contribution is -2.30. The minimum atomic E-state index is -1.64. The molecule has 0 bridgehead atoms. The van der Waals surface area contributed by atoms with E-state index in [-0.39, 0.29) is 6.54 Å². The Kier molecular flexibility index (Phi) is 6.31. The van der Waals surface area contributed by atoms with Crippen molar-refractivity contribution in [2.45, 2.75) is 6.42 Å². The van der Waals surface area contributed by atoms with Crippen molar-refractivity contribution in [3.8, 4) is 5.75 Å². The maximum atomic E-state index is 13.4. The summed E-state index contributed by atoms with van der Waals surface area (Å²) in [5.74, 6) is -3.88. The van der Waals surface area contributed by atoms with E-state index < -0.39 is 29.2 Å². The molecule has 0 heterocycles. The molecule has 2 aromatic carbocycles. The lowest BCUT2D eigenvalue weighted by molar-refractivity contribution is 0.250. The number of hydrogen-bond donors (Lipinski definition) is 2. The number of halogens is 4. The topological polar surface area (TPSA) is 50.4 Å². The number of para-hydroxylation sites is 1. The number of ether oxygens (including phenoxy) is 1. The smallest absolute Gasteiger partial charge is 0.319 e. The summed E-state index contributed by atoms with van der Waals surface area (Å²) in [5.41, 5.74) is -0.446. The third kappa shape index (κ3) is 4.79. The van der Waals surface area contributed by atoms with E-state index in [0.29, 0.717) is 23.8 Å². The van der Waals surface area contributed by atoms with E-state index in [1.54, 1.807) is 24.3 Å². The van der Waals surface area contributed by atoms with Crippen LogP contribution in [0.15, 0.2) is 36.4 Å². The lowest BCUT2D eigenvalue weighted by Gasteiger charge is -2.10. The highest BCUT2D eigenvalue weighted by molar-refractivity contribution is 6.32. The van der Waals surface area contributed by atoms with Crippen molar-refractivity contribution in [3.05, 3.63) is 58.9 Å². The second-order valence-electron chi connectivity index (χ2n) is 4.74. The van der Waals surface area contributed by atoms with E-state index in [4.69, 9.17) is 16.3 Å². The molecule has 24 heavy (non-hydrogen) atoms. The second-order valence-corrected chi connectivity index (χ2v) is 5.14. The standard InChI is InChI=1S/C16H14ClF3N2O2/c17-10-4-1-2-5-13(10)24-9-3-8-21-16(23)22-12-7-6-11(18)14(19)15(12)20/h1-2,4-7H,3,8-9H2,(H2,21,22,23). The van der Waals surface area contributed by atoms with Gasteiger partial charge in [0, 0.05) is 6.54 Å². The summed E-state index contributed by atoms with van der Waals surface area (Å²) in [4.78, 5) is 11.6. The Morgan fingerprint density at radius 3 is 2.58 bits per heavy atom. The highest BCUT2D eigenvalue weighted by atomic mass is 35.5. The summed E-state index contributed by atoms with van der Waals surface area (Å²) < 4.78 is 44.7. The molecule has 0 fully saturated rings. The first kappa shape index (κ1) is 17.9. The first-order valence-corrected chi connectivity index (χ1v) is 7.42. The average molecular weight is 359 g/mol. The molecule has 2 amide bonds. The number of rotatable bonds is 6. The number of anilines is 1. The molecule has 8 heteroatoms. The first-order valence-electron chi connectivity index (χ1n) is 7.04. The fourth-order valence-corrected chi connectivity index (χ4v) is 2.00. The lowest BCUT2D eigenvalue weighted by atomic mass is 10.3. The third-order valence-corrected chi connectivity index (χ3v) is 3.30. The van der Waals surface area contributed by atoms with Gasteiger partial charge in [0.2, 0.25) is 0 Å². The minimum Gasteiger partial charge on any atom is -0.492 e. The Morgan fingerprint density at radius 1 is 1.08 bits per heavy atom. The predicted octanol–water partition coefficient (Wildman–Crippen LogP) is 4.35. The van der Waals surface area contributed by atoms with Crippen molar-refractivity contribution in [1.82, 2.24) is 5.32 Å². The predicted molar refractivity (Wildman–Crippen MR) is 84.9 cm³/mol. The minimum absolute atomic E-state index is 0.238. The van der Waals surface area contributed by atoms with Gasteiger partial charge in [-0.25, -0.2) is 18.0 Å².